The summed E-state index contributed by atoms with van der Waals surface area (Å²) in [6.07, 6.45) is 2.18. The summed E-state index contributed by atoms with van der Waals surface area (Å²) in [6, 6.07) is 20.5. The molecule has 1 N–H and O–H groups in total. The van der Waals surface area contributed by atoms with Gasteiger partial charge in [0.25, 0.3) is 5.91 Å². The molecule has 2 heterocycles. The number of aromatic nitrogens is 2. The van der Waals surface area contributed by atoms with Crippen LogP contribution in [-0.2, 0) is 0 Å². The number of benzene rings is 2. The molecule has 4 aromatic rings. The second-order valence-electron chi connectivity index (χ2n) is 6.64. The van der Waals surface area contributed by atoms with E-state index in [4.69, 9.17) is 33.4 Å². The summed E-state index contributed by atoms with van der Waals surface area (Å²) in [7, 11) is 0. The molecule has 7 heteroatoms. The molecule has 0 aliphatic carbocycles. The second-order valence-corrected chi connectivity index (χ2v) is 7.48. The van der Waals surface area contributed by atoms with E-state index < -0.39 is 0 Å². The fourth-order valence-electron chi connectivity index (χ4n) is 3.19. The number of hydrogen-bond donors (Lipinski definition) is 1. The van der Waals surface area contributed by atoms with Crippen LogP contribution >= 0.6 is 23.2 Å². The molecular formula is C23H16Cl2N4O. The van der Waals surface area contributed by atoms with E-state index in [1.54, 1.807) is 24.3 Å². The highest BCUT2D eigenvalue weighted by molar-refractivity contribution is 6.35. The maximum Gasteiger partial charge on any atom is 0.251 e. The van der Waals surface area contributed by atoms with Crippen LogP contribution < -0.4 is 5.32 Å². The molecule has 30 heavy (non-hydrogen) atoms. The van der Waals surface area contributed by atoms with Crippen LogP contribution in [0.1, 0.15) is 16.8 Å². The van der Waals surface area contributed by atoms with Crippen LogP contribution in [0.15, 0.2) is 66.9 Å². The Labute approximate surface area is 183 Å². The Bertz CT molecular complexity index is 1290. The molecule has 0 bridgehead atoms. The first-order valence-electron chi connectivity index (χ1n) is 9.26. The van der Waals surface area contributed by atoms with Crippen molar-refractivity contribution in [1.29, 1.82) is 5.26 Å². The van der Waals surface area contributed by atoms with Crippen molar-refractivity contribution in [3.8, 4) is 23.0 Å². The Morgan fingerprint density at radius 1 is 1.10 bits per heavy atom. The average Bonchev–Trinajstić information content (AvgIpc) is 3.17. The van der Waals surface area contributed by atoms with E-state index in [0.717, 1.165) is 28.0 Å². The van der Waals surface area contributed by atoms with Crippen molar-refractivity contribution >= 4 is 40.1 Å². The minimum Gasteiger partial charge on any atom is -0.351 e. The zero-order chi connectivity index (χ0) is 21.1. The van der Waals surface area contributed by atoms with Gasteiger partial charge in [-0.3, -0.25) is 9.36 Å². The molecule has 0 unspecified atom stereocenters. The van der Waals surface area contributed by atoms with Gasteiger partial charge >= 0.3 is 0 Å². The SMILES string of the molecule is N#CCCNC(=O)c1cccc(-c2ccc3ccn(-c4ccc(Cl)cc4Cl)c3n2)c1. The Morgan fingerprint density at radius 2 is 1.97 bits per heavy atom. The molecule has 4 rings (SSSR count). The molecule has 2 aromatic heterocycles. The van der Waals surface area contributed by atoms with Gasteiger partial charge in [0.1, 0.15) is 5.65 Å². The summed E-state index contributed by atoms with van der Waals surface area (Å²) < 4.78 is 1.91. The van der Waals surface area contributed by atoms with E-state index >= 15 is 0 Å². The van der Waals surface area contributed by atoms with Gasteiger partial charge in [-0.2, -0.15) is 5.26 Å². The third-order valence-corrected chi connectivity index (χ3v) is 5.19. The summed E-state index contributed by atoms with van der Waals surface area (Å²) in [5.41, 5.74) is 3.61. The van der Waals surface area contributed by atoms with Crippen LogP contribution in [0.4, 0.5) is 0 Å². The Kier molecular flexibility index (Phi) is 5.71. The molecule has 0 fully saturated rings. The molecule has 2 aromatic carbocycles. The number of carbonyl (C=O) groups excluding carboxylic acids is 1. The minimum atomic E-state index is -0.218. The van der Waals surface area contributed by atoms with Gasteiger partial charge in [0.15, 0.2) is 0 Å². The molecule has 0 aliphatic rings. The standard InChI is InChI=1S/C23H16Cl2N4O/c24-18-6-8-21(19(25)14-18)29-12-9-15-5-7-20(28-22(15)29)16-3-1-4-17(13-16)23(30)27-11-2-10-26/h1,3-9,12-14H,2,11H2,(H,27,30). The normalized spacial score (nSPS) is 10.7. The molecule has 0 spiro atoms. The van der Waals surface area contributed by atoms with Gasteiger partial charge in [-0.1, -0.05) is 35.3 Å². The van der Waals surface area contributed by atoms with E-state index in [1.807, 2.05) is 53.2 Å². The molecule has 5 nitrogen and oxygen atoms in total. The number of rotatable bonds is 5. The van der Waals surface area contributed by atoms with Crippen LogP contribution in [0.3, 0.4) is 0 Å². The van der Waals surface area contributed by atoms with Gasteiger partial charge in [-0.25, -0.2) is 4.98 Å². The van der Waals surface area contributed by atoms with Crippen LogP contribution in [0.2, 0.25) is 10.0 Å². The first kappa shape index (κ1) is 20.0. The lowest BCUT2D eigenvalue weighted by molar-refractivity contribution is 0.0954. The largest absolute Gasteiger partial charge is 0.351 e. The third kappa shape index (κ3) is 4.02. The highest BCUT2D eigenvalue weighted by atomic mass is 35.5. The Morgan fingerprint density at radius 3 is 2.77 bits per heavy atom. The summed E-state index contributed by atoms with van der Waals surface area (Å²) in [5.74, 6) is -0.218. The van der Waals surface area contributed by atoms with E-state index in [0.29, 0.717) is 22.2 Å². The zero-order valence-electron chi connectivity index (χ0n) is 15.8. The fourth-order valence-corrected chi connectivity index (χ4v) is 3.69. The van der Waals surface area contributed by atoms with Gasteiger partial charge in [0.05, 0.1) is 28.9 Å². The quantitative estimate of drug-likeness (QED) is 0.412. The summed E-state index contributed by atoms with van der Waals surface area (Å²) >= 11 is 12.4. The van der Waals surface area contributed by atoms with E-state index in [-0.39, 0.29) is 12.3 Å². The lowest BCUT2D eigenvalue weighted by Crippen LogP contribution is -2.24. The van der Waals surface area contributed by atoms with Gasteiger partial charge in [0, 0.05) is 34.3 Å². The highest BCUT2D eigenvalue weighted by Gasteiger charge is 2.12. The first-order chi connectivity index (χ1) is 14.6. The average molecular weight is 435 g/mol. The molecule has 0 atom stereocenters. The lowest BCUT2D eigenvalue weighted by atomic mass is 10.1. The number of hydrogen-bond acceptors (Lipinski definition) is 3. The van der Waals surface area contributed by atoms with Crippen LogP contribution in [0, 0.1) is 11.3 Å². The van der Waals surface area contributed by atoms with Crippen molar-refractivity contribution in [2.75, 3.05) is 6.54 Å². The molecule has 0 saturated heterocycles. The van der Waals surface area contributed by atoms with E-state index in [1.165, 1.54) is 0 Å². The number of nitrogens with one attached hydrogen (secondary N) is 1. The Hall–Kier alpha value is -3.33. The van der Waals surface area contributed by atoms with Gasteiger partial charge in [0.2, 0.25) is 0 Å². The van der Waals surface area contributed by atoms with Crippen molar-refractivity contribution in [3.05, 3.63) is 82.5 Å². The number of pyridine rings is 1. The lowest BCUT2D eigenvalue weighted by Gasteiger charge is -2.09. The van der Waals surface area contributed by atoms with Crippen molar-refractivity contribution < 1.29 is 4.79 Å². The maximum atomic E-state index is 12.3. The van der Waals surface area contributed by atoms with Crippen LogP contribution in [0.5, 0.6) is 0 Å². The van der Waals surface area contributed by atoms with Crippen molar-refractivity contribution in [1.82, 2.24) is 14.9 Å². The van der Waals surface area contributed by atoms with Crippen molar-refractivity contribution in [3.63, 3.8) is 0 Å². The topological polar surface area (TPSA) is 70.7 Å². The first-order valence-corrected chi connectivity index (χ1v) is 10.0. The van der Waals surface area contributed by atoms with E-state index in [2.05, 4.69) is 5.32 Å². The number of carbonyl (C=O) groups is 1. The third-order valence-electron chi connectivity index (χ3n) is 4.65. The van der Waals surface area contributed by atoms with Crippen LogP contribution in [-0.4, -0.2) is 22.0 Å². The minimum absolute atomic E-state index is 0.218. The number of nitrogens with zero attached hydrogens (tertiary/aromatic N) is 3. The molecule has 1 amide bonds. The van der Waals surface area contributed by atoms with Gasteiger partial charge in [-0.05, 0) is 48.5 Å². The monoisotopic (exact) mass is 434 g/mol. The highest BCUT2D eigenvalue weighted by Crippen LogP contribution is 2.29. The van der Waals surface area contributed by atoms with Crippen molar-refractivity contribution in [2.45, 2.75) is 6.42 Å². The second kappa shape index (κ2) is 8.58. The van der Waals surface area contributed by atoms with Gasteiger partial charge < -0.3 is 5.32 Å². The zero-order valence-corrected chi connectivity index (χ0v) is 17.3. The smallest absolute Gasteiger partial charge is 0.251 e. The summed E-state index contributed by atoms with van der Waals surface area (Å²) in [5, 5.41) is 13.4. The Balaban J connectivity index is 1.72. The van der Waals surface area contributed by atoms with Gasteiger partial charge in [-0.15, -0.1) is 0 Å². The predicted octanol–water partition coefficient (Wildman–Crippen LogP) is 5.64. The predicted molar refractivity (Wildman–Crippen MR) is 119 cm³/mol. The molecule has 0 saturated carbocycles. The summed E-state index contributed by atoms with van der Waals surface area (Å²) in [4.78, 5) is 17.1. The molecular weight excluding hydrogens is 419 g/mol. The number of nitriles is 1. The number of amides is 1. The number of halogens is 2. The van der Waals surface area contributed by atoms with E-state index in [9.17, 15) is 4.79 Å². The number of fused-ring (bicyclic) bond motifs is 1. The fraction of sp³-hybridized carbons (Fsp3) is 0.0870. The van der Waals surface area contributed by atoms with Crippen LogP contribution in [0.25, 0.3) is 28.0 Å². The molecule has 148 valence electrons. The maximum absolute atomic E-state index is 12.3. The molecule has 0 radical (unpaired) electrons. The van der Waals surface area contributed by atoms with Crippen molar-refractivity contribution in [2.24, 2.45) is 0 Å². The molecule has 0 aliphatic heterocycles. The summed E-state index contributed by atoms with van der Waals surface area (Å²) in [6.45, 7) is 0.319.